The molecule has 0 radical (unpaired) electrons. The zero-order valence-electron chi connectivity index (χ0n) is 10.5. The molecule has 1 aromatic rings. The van der Waals surface area contributed by atoms with Crippen molar-refractivity contribution in [3.05, 3.63) is 37.0 Å². The molecule has 0 aliphatic heterocycles. The SMILES string of the molecule is C=C(C)C(=O)OCc1cc(I)cc(I)c1OC(C)=O. The number of ether oxygens (including phenoxy) is 2. The Morgan fingerprint density at radius 2 is 1.89 bits per heavy atom. The van der Waals surface area contributed by atoms with E-state index in [4.69, 9.17) is 9.47 Å². The minimum absolute atomic E-state index is 0.0428. The molecule has 0 spiro atoms. The zero-order valence-corrected chi connectivity index (χ0v) is 14.8. The van der Waals surface area contributed by atoms with Gasteiger partial charge in [0, 0.05) is 21.6 Å². The van der Waals surface area contributed by atoms with Crippen molar-refractivity contribution in [2.75, 3.05) is 0 Å². The molecule has 0 unspecified atom stereocenters. The third-order valence-corrected chi connectivity index (χ3v) is 3.46. The summed E-state index contributed by atoms with van der Waals surface area (Å²) in [4.78, 5) is 22.5. The van der Waals surface area contributed by atoms with Crippen LogP contribution in [-0.2, 0) is 20.9 Å². The van der Waals surface area contributed by atoms with E-state index >= 15 is 0 Å². The molecule has 0 aromatic heterocycles. The van der Waals surface area contributed by atoms with Crippen LogP contribution in [0.5, 0.6) is 5.75 Å². The van der Waals surface area contributed by atoms with E-state index in [-0.39, 0.29) is 6.61 Å². The van der Waals surface area contributed by atoms with Crippen molar-refractivity contribution in [2.24, 2.45) is 0 Å². The maximum absolute atomic E-state index is 11.4. The fourth-order valence-electron chi connectivity index (χ4n) is 1.25. The second kappa shape index (κ2) is 7.22. The van der Waals surface area contributed by atoms with Gasteiger partial charge in [-0.15, -0.1) is 0 Å². The Kier molecular flexibility index (Phi) is 6.24. The molecule has 102 valence electrons. The quantitative estimate of drug-likeness (QED) is 0.284. The van der Waals surface area contributed by atoms with E-state index in [1.807, 2.05) is 12.1 Å². The molecule has 0 atom stereocenters. The summed E-state index contributed by atoms with van der Waals surface area (Å²) >= 11 is 4.22. The number of rotatable bonds is 4. The molecule has 0 amide bonds. The molecule has 4 nitrogen and oxygen atoms in total. The summed E-state index contributed by atoms with van der Waals surface area (Å²) in [5, 5.41) is 0. The van der Waals surface area contributed by atoms with E-state index in [9.17, 15) is 9.59 Å². The molecular formula is C13H12I2O4. The monoisotopic (exact) mass is 486 g/mol. The molecule has 1 rings (SSSR count). The third-order valence-electron chi connectivity index (χ3n) is 2.04. The summed E-state index contributed by atoms with van der Waals surface area (Å²) in [5.74, 6) is -0.447. The van der Waals surface area contributed by atoms with E-state index in [1.54, 1.807) is 6.92 Å². The molecule has 0 heterocycles. The number of halogens is 2. The fourth-order valence-corrected chi connectivity index (χ4v) is 3.32. The summed E-state index contributed by atoms with van der Waals surface area (Å²) in [7, 11) is 0. The van der Waals surface area contributed by atoms with Gasteiger partial charge in [0.2, 0.25) is 0 Å². The number of carbonyl (C=O) groups is 2. The van der Waals surface area contributed by atoms with Crippen molar-refractivity contribution < 1.29 is 19.1 Å². The van der Waals surface area contributed by atoms with E-state index in [0.717, 1.165) is 7.14 Å². The maximum atomic E-state index is 11.4. The lowest BCUT2D eigenvalue weighted by atomic mass is 10.2. The van der Waals surface area contributed by atoms with Crippen molar-refractivity contribution in [1.29, 1.82) is 0 Å². The Bertz CT molecular complexity index is 538. The second-order valence-electron chi connectivity index (χ2n) is 3.83. The minimum atomic E-state index is -0.470. The molecule has 1 aromatic carbocycles. The molecule has 0 bridgehead atoms. The van der Waals surface area contributed by atoms with Gasteiger partial charge < -0.3 is 9.47 Å². The Hall–Kier alpha value is -0.640. The predicted octanol–water partition coefficient (Wildman–Crippen LogP) is 3.44. The molecule has 6 heteroatoms. The van der Waals surface area contributed by atoms with Gasteiger partial charge in [-0.1, -0.05) is 6.58 Å². The standard InChI is InChI=1S/C13H12I2O4/c1-7(2)13(17)18-6-9-4-10(14)5-11(15)12(9)19-8(3)16/h4-5H,1,6H2,2-3H3. The summed E-state index contributed by atoms with van der Waals surface area (Å²) in [6, 6.07) is 3.69. The van der Waals surface area contributed by atoms with Crippen LogP contribution < -0.4 is 4.74 Å². The van der Waals surface area contributed by atoms with Crippen molar-refractivity contribution in [3.8, 4) is 5.75 Å². The van der Waals surface area contributed by atoms with E-state index in [2.05, 4.69) is 51.8 Å². The lowest BCUT2D eigenvalue weighted by molar-refractivity contribution is -0.140. The van der Waals surface area contributed by atoms with Gasteiger partial charge in [-0.3, -0.25) is 4.79 Å². The summed E-state index contributed by atoms with van der Waals surface area (Å²) in [5.41, 5.74) is 0.982. The number of benzene rings is 1. The molecule has 0 fully saturated rings. The Labute approximate surface area is 138 Å². The van der Waals surface area contributed by atoms with Gasteiger partial charge in [0.1, 0.15) is 6.61 Å². The van der Waals surface area contributed by atoms with E-state index < -0.39 is 11.9 Å². The van der Waals surface area contributed by atoms with Crippen LogP contribution in [0.2, 0.25) is 0 Å². The van der Waals surface area contributed by atoms with Gasteiger partial charge in [0.15, 0.2) is 5.75 Å². The van der Waals surface area contributed by atoms with Crippen molar-refractivity contribution in [1.82, 2.24) is 0 Å². The number of esters is 2. The van der Waals surface area contributed by atoms with Crippen LogP contribution in [-0.4, -0.2) is 11.9 Å². The van der Waals surface area contributed by atoms with Gasteiger partial charge in [-0.05, 0) is 64.2 Å². The Morgan fingerprint density at radius 3 is 2.42 bits per heavy atom. The number of carbonyl (C=O) groups excluding carboxylic acids is 2. The molecule has 0 N–H and O–H groups in total. The van der Waals surface area contributed by atoms with Gasteiger partial charge in [-0.2, -0.15) is 0 Å². The lowest BCUT2D eigenvalue weighted by Gasteiger charge is -2.12. The first-order valence-electron chi connectivity index (χ1n) is 5.30. The van der Waals surface area contributed by atoms with Crippen LogP contribution in [0.4, 0.5) is 0 Å². The van der Waals surface area contributed by atoms with E-state index in [1.165, 1.54) is 6.92 Å². The van der Waals surface area contributed by atoms with Gasteiger partial charge in [-0.25, -0.2) is 4.79 Å². The van der Waals surface area contributed by atoms with Crippen molar-refractivity contribution in [2.45, 2.75) is 20.5 Å². The first-order valence-corrected chi connectivity index (χ1v) is 7.46. The van der Waals surface area contributed by atoms with Crippen LogP contribution in [0.15, 0.2) is 24.3 Å². The molecule has 0 aliphatic carbocycles. The molecular weight excluding hydrogens is 474 g/mol. The average Bonchev–Trinajstić information content (AvgIpc) is 2.29. The third kappa shape index (κ3) is 5.09. The highest BCUT2D eigenvalue weighted by Crippen LogP contribution is 2.29. The summed E-state index contributed by atoms with van der Waals surface area (Å²) < 4.78 is 12.0. The van der Waals surface area contributed by atoms with Gasteiger partial charge >= 0.3 is 11.9 Å². The minimum Gasteiger partial charge on any atom is -0.457 e. The average molecular weight is 486 g/mol. The number of hydrogen-bond acceptors (Lipinski definition) is 4. The largest absolute Gasteiger partial charge is 0.457 e. The topological polar surface area (TPSA) is 52.6 Å². The zero-order chi connectivity index (χ0) is 14.6. The molecule has 19 heavy (non-hydrogen) atoms. The first-order chi connectivity index (χ1) is 8.81. The van der Waals surface area contributed by atoms with Crippen LogP contribution in [0.25, 0.3) is 0 Å². The van der Waals surface area contributed by atoms with Gasteiger partial charge in [0.25, 0.3) is 0 Å². The fraction of sp³-hybridized carbons (Fsp3) is 0.231. The van der Waals surface area contributed by atoms with Gasteiger partial charge in [0.05, 0.1) is 3.57 Å². The highest BCUT2D eigenvalue weighted by Gasteiger charge is 2.14. The number of hydrogen-bond donors (Lipinski definition) is 0. The molecule has 0 aliphatic rings. The van der Waals surface area contributed by atoms with Crippen molar-refractivity contribution in [3.63, 3.8) is 0 Å². The van der Waals surface area contributed by atoms with Crippen molar-refractivity contribution >= 4 is 57.1 Å². The maximum Gasteiger partial charge on any atom is 0.333 e. The lowest BCUT2D eigenvalue weighted by Crippen LogP contribution is -2.09. The van der Waals surface area contributed by atoms with E-state index in [0.29, 0.717) is 16.9 Å². The molecule has 0 saturated heterocycles. The highest BCUT2D eigenvalue weighted by molar-refractivity contribution is 14.1. The first kappa shape index (κ1) is 16.4. The second-order valence-corrected chi connectivity index (χ2v) is 6.23. The molecule has 0 saturated carbocycles. The van der Waals surface area contributed by atoms with Crippen LogP contribution in [0, 0.1) is 7.14 Å². The van der Waals surface area contributed by atoms with Crippen LogP contribution in [0.3, 0.4) is 0 Å². The Balaban J connectivity index is 3.00. The summed E-state index contributed by atoms with van der Waals surface area (Å²) in [6.07, 6.45) is 0. The highest BCUT2D eigenvalue weighted by atomic mass is 127. The predicted molar refractivity (Wildman–Crippen MR) is 87.8 cm³/mol. The smallest absolute Gasteiger partial charge is 0.333 e. The van der Waals surface area contributed by atoms with Crippen LogP contribution >= 0.6 is 45.2 Å². The van der Waals surface area contributed by atoms with Crippen LogP contribution in [0.1, 0.15) is 19.4 Å². The Morgan fingerprint density at radius 1 is 1.26 bits per heavy atom. The normalized spacial score (nSPS) is 9.89. The summed E-state index contributed by atoms with van der Waals surface area (Å²) in [6.45, 7) is 6.46.